The lowest BCUT2D eigenvalue weighted by Gasteiger charge is -2.28. The lowest BCUT2D eigenvalue weighted by atomic mass is 9.93. The summed E-state index contributed by atoms with van der Waals surface area (Å²) in [7, 11) is 0. The average molecular weight is 458 g/mol. The van der Waals surface area contributed by atoms with Crippen molar-refractivity contribution in [2.75, 3.05) is 18.4 Å². The molecule has 0 bridgehead atoms. The Kier molecular flexibility index (Phi) is 6.61. The Morgan fingerprint density at radius 1 is 1.09 bits per heavy atom. The lowest BCUT2D eigenvalue weighted by Crippen LogP contribution is -2.29. The molecule has 2 heterocycles. The van der Waals surface area contributed by atoms with E-state index in [2.05, 4.69) is 39.1 Å². The van der Waals surface area contributed by atoms with Gasteiger partial charge in [-0.05, 0) is 87.5 Å². The number of hydrogen-bond donors (Lipinski definition) is 2. The molecule has 1 saturated heterocycles. The van der Waals surface area contributed by atoms with Crippen LogP contribution in [0.1, 0.15) is 72.5 Å². The fraction of sp³-hybridized carbons (Fsp3) is 0.444. The zero-order chi connectivity index (χ0) is 23.5. The van der Waals surface area contributed by atoms with Gasteiger partial charge in [-0.1, -0.05) is 18.6 Å². The second-order valence-corrected chi connectivity index (χ2v) is 9.57. The van der Waals surface area contributed by atoms with Crippen molar-refractivity contribution in [2.24, 2.45) is 0 Å². The van der Waals surface area contributed by atoms with Gasteiger partial charge >= 0.3 is 0 Å². The molecule has 2 aliphatic rings. The van der Waals surface area contributed by atoms with Crippen molar-refractivity contribution in [1.29, 1.82) is 5.26 Å². The van der Waals surface area contributed by atoms with Crippen LogP contribution in [0.2, 0.25) is 0 Å². The normalized spacial score (nSPS) is 21.3. The number of rotatable bonds is 5. The Hall–Kier alpha value is -3.21. The molecular formula is C27H31N5O2. The van der Waals surface area contributed by atoms with Crippen molar-refractivity contribution in [3.05, 3.63) is 59.2 Å². The van der Waals surface area contributed by atoms with Gasteiger partial charge in [0.15, 0.2) is 0 Å². The molecule has 1 amide bonds. The van der Waals surface area contributed by atoms with Crippen molar-refractivity contribution in [2.45, 2.75) is 63.6 Å². The third kappa shape index (κ3) is 4.84. The van der Waals surface area contributed by atoms with Crippen LogP contribution in [0.5, 0.6) is 0 Å². The van der Waals surface area contributed by atoms with Crippen LogP contribution in [0, 0.1) is 11.3 Å². The molecule has 1 aliphatic heterocycles. The van der Waals surface area contributed by atoms with Gasteiger partial charge in [0.25, 0.3) is 5.91 Å². The molecule has 2 fully saturated rings. The van der Waals surface area contributed by atoms with Gasteiger partial charge in [-0.2, -0.15) is 5.26 Å². The van der Waals surface area contributed by atoms with Gasteiger partial charge in [0.05, 0.1) is 28.8 Å². The maximum absolute atomic E-state index is 13.1. The highest BCUT2D eigenvalue weighted by molar-refractivity contribution is 6.04. The second kappa shape index (κ2) is 9.96. The molecule has 5 rings (SSSR count). The molecule has 7 heteroatoms. The van der Waals surface area contributed by atoms with Gasteiger partial charge in [-0.25, -0.2) is 4.98 Å². The summed E-state index contributed by atoms with van der Waals surface area (Å²) in [6, 6.07) is 15.4. The minimum atomic E-state index is -0.280. The molecule has 0 unspecified atom stereocenters. The quantitative estimate of drug-likeness (QED) is 0.583. The number of carbonyl (C=O) groups is 1. The van der Waals surface area contributed by atoms with E-state index in [9.17, 15) is 15.2 Å². The molecule has 176 valence electrons. The smallest absolute Gasteiger partial charge is 0.258 e. The zero-order valence-corrected chi connectivity index (χ0v) is 19.4. The number of anilines is 1. The van der Waals surface area contributed by atoms with E-state index in [0.29, 0.717) is 17.1 Å². The standard InChI is InChI=1S/C27H31N5O2/c28-17-19-5-4-6-21(15-19)26(34)30-27-29-24-16-20(18-31-13-2-1-3-14-31)7-12-25(24)32(27)22-8-10-23(33)11-9-22/h4-7,12,15-16,22-23,33H,1-3,8-11,13-14,18H2,(H,29,30,34). The zero-order valence-electron chi connectivity index (χ0n) is 19.4. The van der Waals surface area contributed by atoms with E-state index >= 15 is 0 Å². The highest BCUT2D eigenvalue weighted by Crippen LogP contribution is 2.35. The minimum absolute atomic E-state index is 0.169. The number of fused-ring (bicyclic) bond motifs is 1. The number of amides is 1. The van der Waals surface area contributed by atoms with E-state index in [1.807, 2.05) is 0 Å². The summed E-state index contributed by atoms with van der Waals surface area (Å²) in [6.45, 7) is 3.20. The molecule has 1 aliphatic carbocycles. The van der Waals surface area contributed by atoms with Crippen molar-refractivity contribution in [1.82, 2.24) is 14.5 Å². The summed E-state index contributed by atoms with van der Waals surface area (Å²) in [5.74, 6) is 0.247. The largest absolute Gasteiger partial charge is 0.393 e. The predicted molar refractivity (Wildman–Crippen MR) is 131 cm³/mol. The number of nitriles is 1. The molecule has 2 aromatic carbocycles. The number of aliphatic hydroxyl groups is 1. The number of likely N-dealkylation sites (tertiary alicyclic amines) is 1. The van der Waals surface area contributed by atoms with Crippen LogP contribution in [0.25, 0.3) is 11.0 Å². The second-order valence-electron chi connectivity index (χ2n) is 9.57. The number of nitrogens with zero attached hydrogens (tertiary/aromatic N) is 4. The van der Waals surface area contributed by atoms with Crippen LogP contribution in [0.4, 0.5) is 5.95 Å². The van der Waals surface area contributed by atoms with Crippen LogP contribution in [0.15, 0.2) is 42.5 Å². The van der Waals surface area contributed by atoms with E-state index in [0.717, 1.165) is 56.4 Å². The number of carbonyl (C=O) groups excluding carboxylic acids is 1. The monoisotopic (exact) mass is 457 g/mol. The Balaban J connectivity index is 1.47. The molecule has 3 aromatic rings. The molecule has 0 atom stereocenters. The summed E-state index contributed by atoms with van der Waals surface area (Å²) in [6.07, 6.45) is 6.75. The highest BCUT2D eigenvalue weighted by atomic mass is 16.3. The maximum atomic E-state index is 13.1. The number of piperidine rings is 1. The van der Waals surface area contributed by atoms with Crippen LogP contribution in [-0.2, 0) is 6.54 Å². The molecule has 0 radical (unpaired) electrons. The number of benzene rings is 2. The summed E-state index contributed by atoms with van der Waals surface area (Å²) in [5, 5.41) is 22.2. The Labute approximate surface area is 200 Å². The highest BCUT2D eigenvalue weighted by Gasteiger charge is 2.26. The molecule has 1 aromatic heterocycles. The number of aliphatic hydroxyl groups excluding tert-OH is 1. The Bertz CT molecular complexity index is 1210. The first kappa shape index (κ1) is 22.6. The molecule has 0 spiro atoms. The topological polar surface area (TPSA) is 94.2 Å². The fourth-order valence-corrected chi connectivity index (χ4v) is 5.30. The molecular weight excluding hydrogens is 426 g/mol. The summed E-state index contributed by atoms with van der Waals surface area (Å²) in [5.41, 5.74) is 4.00. The predicted octanol–water partition coefficient (Wildman–Crippen LogP) is 4.62. The fourth-order valence-electron chi connectivity index (χ4n) is 5.30. The van der Waals surface area contributed by atoms with E-state index in [1.165, 1.54) is 24.8 Å². The van der Waals surface area contributed by atoms with Crippen LogP contribution in [0.3, 0.4) is 0 Å². The number of imidazole rings is 1. The lowest BCUT2D eigenvalue weighted by molar-refractivity contribution is 0.102. The molecule has 1 saturated carbocycles. The SMILES string of the molecule is N#Cc1cccc(C(=O)Nc2nc3cc(CN4CCCCC4)ccc3n2C2CCC(O)CC2)c1. The van der Waals surface area contributed by atoms with Gasteiger partial charge in [0.2, 0.25) is 5.95 Å². The van der Waals surface area contributed by atoms with Crippen molar-refractivity contribution >= 4 is 22.9 Å². The number of hydrogen-bond acceptors (Lipinski definition) is 5. The Morgan fingerprint density at radius 2 is 1.88 bits per heavy atom. The van der Waals surface area contributed by atoms with E-state index < -0.39 is 0 Å². The van der Waals surface area contributed by atoms with E-state index in [-0.39, 0.29) is 18.1 Å². The third-order valence-corrected chi connectivity index (χ3v) is 7.12. The summed E-state index contributed by atoms with van der Waals surface area (Å²) < 4.78 is 2.14. The molecule has 34 heavy (non-hydrogen) atoms. The van der Waals surface area contributed by atoms with E-state index in [4.69, 9.17) is 4.98 Å². The molecule has 2 N–H and O–H groups in total. The minimum Gasteiger partial charge on any atom is -0.393 e. The van der Waals surface area contributed by atoms with Gasteiger partial charge in [0, 0.05) is 18.2 Å². The van der Waals surface area contributed by atoms with Gasteiger partial charge < -0.3 is 9.67 Å². The van der Waals surface area contributed by atoms with Crippen molar-refractivity contribution < 1.29 is 9.90 Å². The number of aromatic nitrogens is 2. The summed E-state index contributed by atoms with van der Waals surface area (Å²) in [4.78, 5) is 20.4. The van der Waals surface area contributed by atoms with E-state index in [1.54, 1.807) is 24.3 Å². The van der Waals surface area contributed by atoms with Gasteiger partial charge in [-0.3, -0.25) is 15.0 Å². The Morgan fingerprint density at radius 3 is 2.65 bits per heavy atom. The van der Waals surface area contributed by atoms with Crippen LogP contribution >= 0.6 is 0 Å². The first-order valence-corrected chi connectivity index (χ1v) is 12.3. The average Bonchev–Trinajstić information content (AvgIpc) is 3.22. The first-order chi connectivity index (χ1) is 16.6. The number of nitrogens with one attached hydrogen (secondary N) is 1. The van der Waals surface area contributed by atoms with Gasteiger partial charge in [-0.15, -0.1) is 0 Å². The maximum Gasteiger partial charge on any atom is 0.258 e. The van der Waals surface area contributed by atoms with Crippen LogP contribution in [-0.4, -0.2) is 44.7 Å². The van der Waals surface area contributed by atoms with Crippen LogP contribution < -0.4 is 5.32 Å². The van der Waals surface area contributed by atoms with Crippen molar-refractivity contribution in [3.8, 4) is 6.07 Å². The van der Waals surface area contributed by atoms with Crippen molar-refractivity contribution in [3.63, 3.8) is 0 Å². The first-order valence-electron chi connectivity index (χ1n) is 12.3. The summed E-state index contributed by atoms with van der Waals surface area (Å²) >= 11 is 0. The van der Waals surface area contributed by atoms with Gasteiger partial charge in [0.1, 0.15) is 0 Å². The third-order valence-electron chi connectivity index (χ3n) is 7.12. The molecule has 7 nitrogen and oxygen atoms in total.